The Morgan fingerprint density at radius 1 is 0.549 bits per heavy atom. The van der Waals surface area contributed by atoms with Gasteiger partial charge in [0, 0.05) is 0 Å². The summed E-state index contributed by atoms with van der Waals surface area (Å²) in [6.45, 7) is 32.0. The van der Waals surface area contributed by atoms with Gasteiger partial charge >= 0.3 is 37.9 Å². The van der Waals surface area contributed by atoms with E-state index in [0.717, 1.165) is 12.8 Å². The van der Waals surface area contributed by atoms with Crippen LogP contribution in [0.4, 0.5) is 0 Å². The van der Waals surface area contributed by atoms with Gasteiger partial charge in [-0.2, -0.15) is 19.1 Å². The van der Waals surface area contributed by atoms with Crippen LogP contribution in [0.3, 0.4) is 0 Å². The number of hydrogen-bond acceptors (Lipinski definition) is 0. The summed E-state index contributed by atoms with van der Waals surface area (Å²) in [5.41, 5.74) is 17.0. The molecule has 0 saturated heterocycles. The molecule has 0 aliphatic heterocycles. The van der Waals surface area contributed by atoms with Crippen molar-refractivity contribution < 1.29 is 20.8 Å². The van der Waals surface area contributed by atoms with Crippen molar-refractivity contribution in [2.75, 3.05) is 0 Å². The molecule has 0 bridgehead atoms. The predicted octanol–water partition coefficient (Wildman–Crippen LogP) is 15.6. The molecule has 272 valence electrons. The minimum atomic E-state index is -0.826. The first kappa shape index (κ1) is 43.0. The maximum atomic E-state index is 4.93. The van der Waals surface area contributed by atoms with E-state index in [9.17, 15) is 0 Å². The molecule has 0 radical (unpaired) electrons. The van der Waals surface area contributed by atoms with Gasteiger partial charge in [0.05, 0.1) is 0 Å². The number of aryl methyl sites for hydroxylation is 6. The van der Waals surface area contributed by atoms with E-state index < -0.39 is 20.8 Å². The van der Waals surface area contributed by atoms with Crippen molar-refractivity contribution in [1.29, 1.82) is 0 Å². The van der Waals surface area contributed by atoms with Gasteiger partial charge in [0.1, 0.15) is 0 Å². The summed E-state index contributed by atoms with van der Waals surface area (Å²) in [6, 6.07) is 32.4. The second-order valence-corrected chi connectivity index (χ2v) is 19.3. The molecule has 3 heteroatoms. The molecule has 0 heterocycles. The molecule has 51 heavy (non-hydrogen) atoms. The van der Waals surface area contributed by atoms with Crippen molar-refractivity contribution in [2.24, 2.45) is 0 Å². The Hall–Kier alpha value is -2.44. The number of fused-ring (bicyclic) bond motifs is 2. The van der Waals surface area contributed by atoms with Crippen LogP contribution in [0, 0.1) is 34.6 Å². The summed E-state index contributed by atoms with van der Waals surface area (Å²) >= 11 is -0.826. The summed E-state index contributed by atoms with van der Waals surface area (Å²) < 4.78 is 0. The third-order valence-corrected chi connectivity index (χ3v) is 10.1. The van der Waals surface area contributed by atoms with Crippen LogP contribution in [0.1, 0.15) is 107 Å². The van der Waals surface area contributed by atoms with E-state index in [1.54, 1.807) is 6.92 Å². The molecule has 0 N–H and O–H groups in total. The first-order valence-corrected chi connectivity index (χ1v) is 24.6. The average molecular weight is 798 g/mol. The van der Waals surface area contributed by atoms with Crippen LogP contribution in [0.2, 0.25) is 0 Å². The Morgan fingerprint density at radius 2 is 0.843 bits per heavy atom. The molecule has 0 nitrogen and oxygen atoms in total. The van der Waals surface area contributed by atoms with E-state index in [2.05, 4.69) is 175 Å². The van der Waals surface area contributed by atoms with Crippen LogP contribution in [0.25, 0.3) is 43.8 Å². The minimum absolute atomic E-state index is 0.201. The van der Waals surface area contributed by atoms with Gasteiger partial charge in [-0.05, 0) is 59.8 Å². The van der Waals surface area contributed by atoms with Crippen molar-refractivity contribution in [2.45, 2.75) is 114 Å². The molecule has 0 aliphatic rings. The van der Waals surface area contributed by atoms with E-state index in [0.29, 0.717) is 0 Å². The third kappa shape index (κ3) is 10.4. The number of benzene rings is 4. The maximum absolute atomic E-state index is 4.93. The van der Waals surface area contributed by atoms with Crippen molar-refractivity contribution >= 4 is 38.6 Å². The van der Waals surface area contributed by atoms with Crippen LogP contribution in [-0.2, 0) is 44.5 Å². The third-order valence-electron chi connectivity index (χ3n) is 10.1. The van der Waals surface area contributed by atoms with Crippen LogP contribution >= 0.6 is 17.0 Å². The molecule has 6 aromatic carbocycles. The number of hydrogen-bond donors (Lipinski definition) is 0. The molecule has 0 aliphatic carbocycles. The van der Waals surface area contributed by atoms with Gasteiger partial charge in [-0.1, -0.05) is 152 Å². The van der Waals surface area contributed by atoms with E-state index in [-0.39, 0.29) is 10.8 Å². The topological polar surface area (TPSA) is 0 Å². The van der Waals surface area contributed by atoms with Crippen LogP contribution < -0.4 is 0 Å². The van der Waals surface area contributed by atoms with Crippen LogP contribution in [-0.4, -0.2) is 0 Å². The van der Waals surface area contributed by atoms with Crippen molar-refractivity contribution in [3.63, 3.8) is 0 Å². The summed E-state index contributed by atoms with van der Waals surface area (Å²) in [6.07, 6.45) is 2.19. The molecule has 0 aromatic heterocycles. The molecule has 0 unspecified atom stereocenters. The molecule has 6 rings (SSSR count). The fraction of sp³-hybridized carbons (Fsp3) is 0.354. The fourth-order valence-electron chi connectivity index (χ4n) is 6.62. The molecule has 0 atom stereocenters. The van der Waals surface area contributed by atoms with Gasteiger partial charge in [0.25, 0.3) is 0 Å². The van der Waals surface area contributed by atoms with Crippen LogP contribution in [0.5, 0.6) is 0 Å². The molecule has 0 spiro atoms. The Labute approximate surface area is 329 Å². The number of halogens is 2. The SMILES string of the molecule is CCc1cc2c(-c3ccc(C(C)(C)C)cc3)cc(C)c(C)c2[cH-]1.CCc1cc2c(-c3ccc(C(C)(C)C)cc3)cc(C)c(C)c2[cH-]1.[CH2-]C.[Cl][Zr][Cl]. The van der Waals surface area contributed by atoms with Gasteiger partial charge in [-0.15, -0.1) is 55.9 Å². The van der Waals surface area contributed by atoms with E-state index in [1.165, 1.54) is 88.3 Å². The van der Waals surface area contributed by atoms with Gasteiger partial charge in [0.15, 0.2) is 0 Å². The Morgan fingerprint density at radius 3 is 1.10 bits per heavy atom. The Bertz CT molecular complexity index is 1860. The standard InChI is InChI=1S/2C23H27.C2H5.2ClH.Zr/c2*1-7-17-13-20-16(3)15(2)12-21(22(20)14-17)18-8-10-19(11-9-18)23(4,5)6;1-2;;;/h2*8-14H,7H2,1-6H3;1H2,2H3;2*1H;/q3*-1;;;+2/p-2. The van der Waals surface area contributed by atoms with Gasteiger partial charge in [0.2, 0.25) is 0 Å². The Kier molecular flexibility index (Phi) is 15.6. The zero-order valence-corrected chi connectivity index (χ0v) is 37.4. The first-order valence-electron chi connectivity index (χ1n) is 18.3. The zero-order chi connectivity index (χ0) is 38.3. The van der Waals surface area contributed by atoms with Crippen molar-refractivity contribution in [3.8, 4) is 22.3 Å². The number of rotatable bonds is 4. The summed E-state index contributed by atoms with van der Waals surface area (Å²) in [7, 11) is 9.87. The summed E-state index contributed by atoms with van der Waals surface area (Å²) in [5, 5.41) is 5.62. The summed E-state index contributed by atoms with van der Waals surface area (Å²) in [5.74, 6) is 0. The normalized spacial score (nSPS) is 11.3. The molecule has 6 aromatic rings. The quantitative estimate of drug-likeness (QED) is 0.156. The molecular formula is C48H59Cl2Zr-3. The van der Waals surface area contributed by atoms with E-state index in [4.69, 9.17) is 17.0 Å². The second kappa shape index (κ2) is 18.5. The molecule has 0 saturated carbocycles. The van der Waals surface area contributed by atoms with Crippen molar-refractivity contribution in [1.82, 2.24) is 0 Å². The van der Waals surface area contributed by atoms with Crippen molar-refractivity contribution in [3.05, 3.63) is 136 Å². The van der Waals surface area contributed by atoms with Gasteiger partial charge in [-0.25, -0.2) is 0 Å². The summed E-state index contributed by atoms with van der Waals surface area (Å²) in [4.78, 5) is 0. The monoisotopic (exact) mass is 795 g/mol. The predicted molar refractivity (Wildman–Crippen MR) is 228 cm³/mol. The molecule has 0 fully saturated rings. The average Bonchev–Trinajstić information content (AvgIpc) is 3.75. The van der Waals surface area contributed by atoms with Crippen LogP contribution in [0.15, 0.2) is 84.9 Å². The zero-order valence-electron chi connectivity index (χ0n) is 33.5. The molecular weight excluding hydrogens is 739 g/mol. The van der Waals surface area contributed by atoms with E-state index in [1.807, 2.05) is 0 Å². The fourth-order valence-corrected chi connectivity index (χ4v) is 6.62. The van der Waals surface area contributed by atoms with Gasteiger partial charge < -0.3 is 6.92 Å². The second-order valence-electron chi connectivity index (χ2n) is 15.5. The first-order chi connectivity index (χ1) is 24.0. The van der Waals surface area contributed by atoms with Gasteiger partial charge in [-0.3, -0.25) is 0 Å². The Balaban J connectivity index is 0.000000245. The van der Waals surface area contributed by atoms with E-state index >= 15 is 0 Å². The molecule has 0 amide bonds.